The highest BCUT2D eigenvalue weighted by Crippen LogP contribution is 2.05. The summed E-state index contributed by atoms with van der Waals surface area (Å²) >= 11 is 0. The monoisotopic (exact) mass is 111 g/mol. The fraction of sp³-hybridized carbons (Fsp3) is 0.429. The summed E-state index contributed by atoms with van der Waals surface area (Å²) in [6, 6.07) is 0. The minimum Gasteiger partial charge on any atom is -0.399 e. The molecule has 0 fully saturated rings. The van der Waals surface area contributed by atoms with Crippen LogP contribution in [0.3, 0.4) is 0 Å². The maximum atomic E-state index is 5.38. The lowest BCUT2D eigenvalue weighted by atomic mass is 10.1. The van der Waals surface area contributed by atoms with E-state index in [1.165, 1.54) is 5.57 Å². The summed E-state index contributed by atoms with van der Waals surface area (Å²) in [5.74, 6) is 0. The van der Waals surface area contributed by atoms with Gasteiger partial charge in [-0.15, -0.1) is 0 Å². The molecule has 0 saturated carbocycles. The summed E-state index contributed by atoms with van der Waals surface area (Å²) < 4.78 is 0. The van der Waals surface area contributed by atoms with Crippen LogP contribution in [0.2, 0.25) is 0 Å². The maximum absolute atomic E-state index is 5.38. The molecule has 0 saturated heterocycles. The Hall–Kier alpha value is -0.720. The van der Waals surface area contributed by atoms with E-state index in [0.29, 0.717) is 5.70 Å². The molecule has 0 rings (SSSR count). The lowest BCUT2D eigenvalue weighted by molar-refractivity contribution is 1.21. The van der Waals surface area contributed by atoms with E-state index < -0.39 is 0 Å². The number of allylic oxidation sites excluding steroid dienone is 2. The molecule has 0 aliphatic carbocycles. The second-order valence-electron chi connectivity index (χ2n) is 2.15. The molecule has 0 aromatic carbocycles. The van der Waals surface area contributed by atoms with Crippen molar-refractivity contribution in [3.63, 3.8) is 0 Å². The van der Waals surface area contributed by atoms with Crippen molar-refractivity contribution in [2.75, 3.05) is 0 Å². The fourth-order valence-corrected chi connectivity index (χ4v) is 0.321. The van der Waals surface area contributed by atoms with Gasteiger partial charge in [-0.05, 0) is 26.3 Å². The molecule has 46 valence electrons. The number of rotatable bonds is 1. The van der Waals surface area contributed by atoms with Crippen LogP contribution in [-0.2, 0) is 0 Å². The van der Waals surface area contributed by atoms with Crippen molar-refractivity contribution in [3.8, 4) is 0 Å². The molecule has 1 nitrogen and oxygen atoms in total. The summed E-state index contributed by atoms with van der Waals surface area (Å²) in [7, 11) is 0. The molecule has 0 bridgehead atoms. The Labute approximate surface area is 50.9 Å². The average Bonchev–Trinajstić information content (AvgIpc) is 1.64. The minimum absolute atomic E-state index is 0.671. The molecule has 0 aromatic heterocycles. The molecule has 0 unspecified atom stereocenters. The zero-order chi connectivity index (χ0) is 6.73. The van der Waals surface area contributed by atoms with Crippen LogP contribution in [-0.4, -0.2) is 0 Å². The molecule has 0 atom stereocenters. The predicted molar refractivity (Wildman–Crippen MR) is 37.4 cm³/mol. The lowest BCUT2D eigenvalue weighted by Crippen LogP contribution is -1.96. The standard InChI is InChI=1S/C7H13N/c1-5(2)6(3)7(4)8/h4,8H2,1-3H3. The summed E-state index contributed by atoms with van der Waals surface area (Å²) in [6.07, 6.45) is 0. The van der Waals surface area contributed by atoms with Gasteiger partial charge in [-0.2, -0.15) is 0 Å². The first kappa shape index (κ1) is 7.28. The largest absolute Gasteiger partial charge is 0.399 e. The van der Waals surface area contributed by atoms with Crippen molar-refractivity contribution in [3.05, 3.63) is 23.4 Å². The topological polar surface area (TPSA) is 26.0 Å². The third kappa shape index (κ3) is 1.82. The van der Waals surface area contributed by atoms with Crippen LogP contribution < -0.4 is 5.73 Å². The van der Waals surface area contributed by atoms with E-state index in [2.05, 4.69) is 6.58 Å². The van der Waals surface area contributed by atoms with Crippen LogP contribution in [0.15, 0.2) is 23.4 Å². The Morgan fingerprint density at radius 3 is 1.62 bits per heavy atom. The number of hydrogen-bond donors (Lipinski definition) is 1. The third-order valence-electron chi connectivity index (χ3n) is 1.23. The van der Waals surface area contributed by atoms with Crippen LogP contribution in [0.25, 0.3) is 0 Å². The number of hydrogen-bond acceptors (Lipinski definition) is 1. The maximum Gasteiger partial charge on any atom is 0.0269 e. The molecule has 0 radical (unpaired) electrons. The molecular formula is C7H13N. The minimum atomic E-state index is 0.671. The first-order valence-electron chi connectivity index (χ1n) is 2.64. The van der Waals surface area contributed by atoms with Crippen molar-refractivity contribution < 1.29 is 0 Å². The highest BCUT2D eigenvalue weighted by Gasteiger charge is 1.89. The van der Waals surface area contributed by atoms with Crippen molar-refractivity contribution in [1.29, 1.82) is 0 Å². The van der Waals surface area contributed by atoms with Gasteiger partial charge >= 0.3 is 0 Å². The van der Waals surface area contributed by atoms with E-state index >= 15 is 0 Å². The molecule has 0 spiro atoms. The molecular weight excluding hydrogens is 98.1 g/mol. The molecule has 8 heavy (non-hydrogen) atoms. The van der Waals surface area contributed by atoms with Gasteiger partial charge in [0, 0.05) is 5.70 Å². The quantitative estimate of drug-likeness (QED) is 0.513. The third-order valence-corrected chi connectivity index (χ3v) is 1.23. The Kier molecular flexibility index (Phi) is 2.32. The van der Waals surface area contributed by atoms with Crippen molar-refractivity contribution >= 4 is 0 Å². The van der Waals surface area contributed by atoms with Gasteiger partial charge in [-0.1, -0.05) is 12.2 Å². The van der Waals surface area contributed by atoms with E-state index in [9.17, 15) is 0 Å². The van der Waals surface area contributed by atoms with Gasteiger partial charge in [0.15, 0.2) is 0 Å². The normalized spacial score (nSPS) is 8.38. The van der Waals surface area contributed by atoms with Gasteiger partial charge in [0.25, 0.3) is 0 Å². The first-order chi connectivity index (χ1) is 3.55. The van der Waals surface area contributed by atoms with Crippen LogP contribution >= 0.6 is 0 Å². The van der Waals surface area contributed by atoms with Gasteiger partial charge in [-0.3, -0.25) is 0 Å². The molecule has 0 heterocycles. The van der Waals surface area contributed by atoms with Crippen LogP contribution in [0, 0.1) is 0 Å². The van der Waals surface area contributed by atoms with Gasteiger partial charge in [-0.25, -0.2) is 0 Å². The van der Waals surface area contributed by atoms with Crippen molar-refractivity contribution in [2.24, 2.45) is 5.73 Å². The lowest BCUT2D eigenvalue weighted by Gasteiger charge is -1.99. The van der Waals surface area contributed by atoms with E-state index in [-0.39, 0.29) is 0 Å². The molecule has 0 amide bonds. The second kappa shape index (κ2) is 2.55. The van der Waals surface area contributed by atoms with E-state index in [1.807, 2.05) is 20.8 Å². The van der Waals surface area contributed by atoms with Gasteiger partial charge in [0.1, 0.15) is 0 Å². The predicted octanol–water partition coefficient (Wildman–Crippen LogP) is 1.82. The zero-order valence-corrected chi connectivity index (χ0v) is 5.78. The summed E-state index contributed by atoms with van der Waals surface area (Å²) in [4.78, 5) is 0. The Balaban J connectivity index is 4.23. The van der Waals surface area contributed by atoms with E-state index in [4.69, 9.17) is 5.73 Å². The summed E-state index contributed by atoms with van der Waals surface area (Å²) in [5, 5.41) is 0. The average molecular weight is 111 g/mol. The second-order valence-corrected chi connectivity index (χ2v) is 2.15. The SMILES string of the molecule is C=C(N)C(C)=C(C)C. The molecule has 0 aromatic rings. The Morgan fingerprint density at radius 1 is 1.25 bits per heavy atom. The summed E-state index contributed by atoms with van der Waals surface area (Å²) in [6.45, 7) is 9.61. The molecule has 0 aliphatic rings. The molecule has 2 N–H and O–H groups in total. The van der Waals surface area contributed by atoms with E-state index in [0.717, 1.165) is 5.57 Å². The van der Waals surface area contributed by atoms with Crippen LogP contribution in [0.1, 0.15) is 20.8 Å². The molecule has 1 heteroatoms. The first-order valence-corrected chi connectivity index (χ1v) is 2.64. The zero-order valence-electron chi connectivity index (χ0n) is 5.78. The van der Waals surface area contributed by atoms with Gasteiger partial charge < -0.3 is 5.73 Å². The van der Waals surface area contributed by atoms with Gasteiger partial charge in [0.2, 0.25) is 0 Å². The van der Waals surface area contributed by atoms with Crippen LogP contribution in [0.5, 0.6) is 0 Å². The Bertz CT molecular complexity index is 127. The van der Waals surface area contributed by atoms with E-state index in [1.54, 1.807) is 0 Å². The van der Waals surface area contributed by atoms with Gasteiger partial charge in [0.05, 0.1) is 0 Å². The number of nitrogens with two attached hydrogens (primary N) is 1. The molecule has 0 aliphatic heterocycles. The highest BCUT2D eigenvalue weighted by molar-refractivity contribution is 5.26. The fourth-order valence-electron chi connectivity index (χ4n) is 0.321. The highest BCUT2D eigenvalue weighted by atomic mass is 14.6. The van der Waals surface area contributed by atoms with Crippen molar-refractivity contribution in [2.45, 2.75) is 20.8 Å². The van der Waals surface area contributed by atoms with Crippen molar-refractivity contribution in [1.82, 2.24) is 0 Å². The summed E-state index contributed by atoms with van der Waals surface area (Å²) in [5.41, 5.74) is 8.39. The Morgan fingerprint density at radius 2 is 1.62 bits per heavy atom. The smallest absolute Gasteiger partial charge is 0.0269 e. The van der Waals surface area contributed by atoms with Crippen LogP contribution in [0.4, 0.5) is 0 Å².